The first-order chi connectivity index (χ1) is 20.3. The fourth-order valence-corrected chi connectivity index (χ4v) is 5.31. The average Bonchev–Trinajstić information content (AvgIpc) is 3.00. The number of nitroso groups, excluding NO2 is 1. The summed E-state index contributed by atoms with van der Waals surface area (Å²) in [6, 6.07) is 8.36. The maximum atomic E-state index is 12.0. The second-order valence-electron chi connectivity index (χ2n) is 11.6. The summed E-state index contributed by atoms with van der Waals surface area (Å²) in [6.07, 6.45) is 39.9. The lowest BCUT2D eigenvalue weighted by molar-refractivity contribution is -0.607. The molecule has 0 aliphatic carbocycles. The molecule has 0 aliphatic rings. The molecule has 2 aromatic heterocycles. The number of hydrazine groups is 1. The smallest absolute Gasteiger partial charge is 0.225 e. The summed E-state index contributed by atoms with van der Waals surface area (Å²) in [4.78, 5) is 21.4. The van der Waals surface area contributed by atoms with E-state index in [1.165, 1.54) is 120 Å². The lowest BCUT2D eigenvalue weighted by atomic mass is 10.0. The van der Waals surface area contributed by atoms with E-state index in [0.29, 0.717) is 6.54 Å². The van der Waals surface area contributed by atoms with E-state index in [2.05, 4.69) is 39.7 Å². The second-order valence-corrected chi connectivity index (χ2v) is 11.6. The number of pyridine rings is 2. The molecule has 1 N–H and O–H groups in total. The highest BCUT2D eigenvalue weighted by molar-refractivity contribution is 5.09. The maximum Gasteiger partial charge on any atom is 0.225 e. The van der Waals surface area contributed by atoms with Crippen molar-refractivity contribution in [1.82, 2.24) is 15.4 Å². The van der Waals surface area contributed by atoms with Gasteiger partial charge in [0, 0.05) is 31.2 Å². The zero-order valence-electron chi connectivity index (χ0n) is 26.0. The molecule has 0 unspecified atom stereocenters. The zero-order valence-corrected chi connectivity index (χ0v) is 26.0. The van der Waals surface area contributed by atoms with Crippen LogP contribution in [0.4, 0.5) is 0 Å². The van der Waals surface area contributed by atoms with Crippen LogP contribution in [0.15, 0.2) is 61.2 Å². The first-order valence-corrected chi connectivity index (χ1v) is 17.0. The molecule has 0 fully saturated rings. The van der Waals surface area contributed by atoms with Gasteiger partial charge in [0.15, 0.2) is 0 Å². The Bertz CT molecular complexity index is 872. The molecule has 0 spiro atoms. The Balaban J connectivity index is 1.21. The molecule has 0 radical (unpaired) electrons. The molecule has 41 heavy (non-hydrogen) atoms. The van der Waals surface area contributed by atoms with Crippen LogP contribution < -0.4 is 5.43 Å². The van der Waals surface area contributed by atoms with Gasteiger partial charge >= 0.3 is 0 Å². The number of unbranched alkanes of at least 4 members (excludes halogenated alkanes) is 17. The summed E-state index contributed by atoms with van der Waals surface area (Å²) in [6.45, 7) is 1.44. The molecule has 5 heteroatoms. The van der Waals surface area contributed by atoms with Crippen molar-refractivity contribution in [2.45, 2.75) is 141 Å². The minimum atomic E-state index is 0.620. The van der Waals surface area contributed by atoms with Crippen LogP contribution >= 0.6 is 0 Å². The normalized spacial score (nSPS) is 11.3. The molecule has 2 heterocycles. The van der Waals surface area contributed by atoms with Gasteiger partial charge in [0.2, 0.25) is 6.54 Å². The highest BCUT2D eigenvalue weighted by Gasteiger charge is 2.06. The molecule has 5 nitrogen and oxygen atoms in total. The van der Waals surface area contributed by atoms with Gasteiger partial charge in [-0.3, -0.25) is 9.97 Å². The van der Waals surface area contributed by atoms with Crippen molar-refractivity contribution in [3.8, 4) is 0 Å². The minimum Gasteiger partial charge on any atom is -0.264 e. The van der Waals surface area contributed by atoms with Crippen molar-refractivity contribution in [1.29, 1.82) is 0 Å². The molecule has 0 aliphatic heterocycles. The van der Waals surface area contributed by atoms with E-state index in [1.807, 2.05) is 36.9 Å². The standard InChI is InChI=1S/C36H59N4O/c41-40(39-31-21-17-13-9-5-4-8-12-16-20-26-36-28-24-30-38-34-36)32-22-18-14-10-6-2-1-3-7-11-15-19-25-35-27-23-29-37-33-35/h11,15,23-24,27-30,33-34H,1-10,12-14,16-22,25-26,31-32H2,(H,39,41)/q+1/b15-11-. The summed E-state index contributed by atoms with van der Waals surface area (Å²) in [5.41, 5.74) is 5.72. The Morgan fingerprint density at radius 1 is 0.561 bits per heavy atom. The van der Waals surface area contributed by atoms with E-state index in [4.69, 9.17) is 0 Å². The predicted octanol–water partition coefficient (Wildman–Crippen LogP) is 9.90. The Morgan fingerprint density at radius 2 is 1.05 bits per heavy atom. The van der Waals surface area contributed by atoms with Crippen LogP contribution in [0.1, 0.15) is 140 Å². The Morgan fingerprint density at radius 3 is 1.63 bits per heavy atom. The Kier molecular flexibility index (Phi) is 22.3. The number of aromatic nitrogens is 2. The average molecular weight is 564 g/mol. The number of hydrogen-bond donors (Lipinski definition) is 1. The van der Waals surface area contributed by atoms with Crippen molar-refractivity contribution in [2.75, 3.05) is 13.1 Å². The van der Waals surface area contributed by atoms with Gasteiger partial charge in [0.1, 0.15) is 4.87 Å². The largest absolute Gasteiger partial charge is 0.264 e. The summed E-state index contributed by atoms with van der Waals surface area (Å²) in [7, 11) is 0. The third kappa shape index (κ3) is 21.8. The molecule has 0 atom stereocenters. The third-order valence-corrected chi connectivity index (χ3v) is 7.87. The van der Waals surface area contributed by atoms with E-state index in [1.54, 1.807) is 0 Å². The topological polar surface area (TPSA) is 57.9 Å². The summed E-state index contributed by atoms with van der Waals surface area (Å²) < 4.78 is 0. The van der Waals surface area contributed by atoms with Gasteiger partial charge in [0.25, 0.3) is 0 Å². The summed E-state index contributed by atoms with van der Waals surface area (Å²) in [5, 5.41) is 0. The monoisotopic (exact) mass is 563 g/mol. The highest BCUT2D eigenvalue weighted by atomic mass is 16.3. The number of hydrogen-bond acceptors (Lipinski definition) is 3. The van der Waals surface area contributed by atoms with Crippen LogP contribution in [0.5, 0.6) is 0 Å². The van der Waals surface area contributed by atoms with Crippen molar-refractivity contribution in [2.24, 2.45) is 0 Å². The van der Waals surface area contributed by atoms with Gasteiger partial charge in [-0.25, -0.2) is 0 Å². The first kappa shape index (κ1) is 34.6. The molecule has 0 bridgehead atoms. The molecule has 2 rings (SSSR count). The molecular formula is C36H59N4O+. The lowest BCUT2D eigenvalue weighted by Gasteiger charge is -2.03. The molecule has 0 aromatic carbocycles. The summed E-state index contributed by atoms with van der Waals surface area (Å²) >= 11 is 0. The van der Waals surface area contributed by atoms with Crippen LogP contribution in [0, 0.1) is 4.91 Å². The maximum absolute atomic E-state index is 12.0. The van der Waals surface area contributed by atoms with Gasteiger partial charge in [-0.05, 0) is 74.6 Å². The number of nitrogens with zero attached hydrogens (tertiary/aromatic N) is 3. The van der Waals surface area contributed by atoms with Crippen molar-refractivity contribution in [3.05, 3.63) is 77.2 Å². The molecular weight excluding hydrogens is 504 g/mol. The van der Waals surface area contributed by atoms with Crippen LogP contribution in [-0.4, -0.2) is 27.9 Å². The van der Waals surface area contributed by atoms with E-state index >= 15 is 0 Å². The Hall–Kier alpha value is -2.56. The zero-order chi connectivity index (χ0) is 28.9. The van der Waals surface area contributed by atoms with Crippen LogP contribution in [-0.2, 0) is 12.8 Å². The first-order valence-electron chi connectivity index (χ1n) is 17.0. The molecule has 2 aromatic rings. The van der Waals surface area contributed by atoms with Gasteiger partial charge in [-0.2, -0.15) is 5.43 Å². The highest BCUT2D eigenvalue weighted by Crippen LogP contribution is 2.13. The van der Waals surface area contributed by atoms with Gasteiger partial charge in [0.05, 0.1) is 11.5 Å². The van der Waals surface area contributed by atoms with E-state index in [-0.39, 0.29) is 0 Å². The van der Waals surface area contributed by atoms with Gasteiger partial charge in [-0.1, -0.05) is 108 Å². The predicted molar refractivity (Wildman–Crippen MR) is 174 cm³/mol. The summed E-state index contributed by atoms with van der Waals surface area (Å²) in [5.74, 6) is 0. The minimum absolute atomic E-state index is 0.620. The van der Waals surface area contributed by atoms with Gasteiger partial charge < -0.3 is 0 Å². The van der Waals surface area contributed by atoms with Crippen LogP contribution in [0.2, 0.25) is 0 Å². The van der Waals surface area contributed by atoms with Crippen LogP contribution in [0.3, 0.4) is 0 Å². The van der Waals surface area contributed by atoms with Crippen LogP contribution in [0.25, 0.3) is 0 Å². The SMILES string of the molecule is O=[N+](CCCCCCCCCC/C=C\CCc1cccnc1)NCCCCCCCCCCCCc1cccnc1. The fourth-order valence-electron chi connectivity index (χ4n) is 5.31. The molecule has 228 valence electrons. The number of nitrogens with one attached hydrogen (secondary N) is 1. The number of aryl methyl sites for hydroxylation is 2. The fraction of sp³-hybridized carbons (Fsp3) is 0.667. The Labute approximate surface area is 251 Å². The van der Waals surface area contributed by atoms with Gasteiger partial charge in [-0.15, -0.1) is 0 Å². The quantitative estimate of drug-likeness (QED) is 0.0484. The third-order valence-electron chi connectivity index (χ3n) is 7.87. The molecule has 0 saturated carbocycles. The van der Waals surface area contributed by atoms with Crippen molar-refractivity contribution >= 4 is 0 Å². The number of allylic oxidation sites excluding steroid dienone is 2. The lowest BCUT2D eigenvalue weighted by Crippen LogP contribution is -2.28. The van der Waals surface area contributed by atoms with E-state index in [9.17, 15) is 4.91 Å². The number of rotatable bonds is 28. The molecule has 0 amide bonds. The van der Waals surface area contributed by atoms with E-state index in [0.717, 1.165) is 43.5 Å². The van der Waals surface area contributed by atoms with Crippen molar-refractivity contribution in [3.63, 3.8) is 0 Å². The molecule has 0 saturated heterocycles. The second kappa shape index (κ2) is 26.3. The van der Waals surface area contributed by atoms with Crippen molar-refractivity contribution < 1.29 is 4.87 Å². The van der Waals surface area contributed by atoms with E-state index < -0.39 is 0 Å².